The molecule has 638 valence electrons. The Morgan fingerprint density at radius 1 is 0.637 bits per heavy atom. The number of benzene rings is 1. The van der Waals surface area contributed by atoms with Crippen molar-refractivity contribution in [3.8, 4) is 5.88 Å². The van der Waals surface area contributed by atoms with Crippen molar-refractivity contribution in [3.63, 3.8) is 0 Å². The zero-order valence-corrected chi connectivity index (χ0v) is 68.3. The van der Waals surface area contributed by atoms with Crippen molar-refractivity contribution in [2.45, 2.75) is 260 Å². The van der Waals surface area contributed by atoms with Gasteiger partial charge in [-0.25, -0.2) is 34.7 Å². The number of nitrogens with zero attached hydrogens (tertiary/aromatic N) is 4. The number of imide groups is 1. The fourth-order valence-corrected chi connectivity index (χ4v) is 10.9. The molecule has 5 rings (SSSR count). The van der Waals surface area contributed by atoms with E-state index >= 15 is 0 Å². The number of nitrogen functional groups attached to an aromatic ring is 1. The third-order valence-electron chi connectivity index (χ3n) is 16.3. The standard InChI is InChI=1S/C34H52N8O5.C20H35NO8.C12H17NO7.C11H22N2O4/c1-2-3-19-46-30-20-29-31(32(36)39-30)40-34(45)42(29)22-26-11-9-25(10-12-26)21-41-17-14-24(15-18-41)13-16-38-33(44)28(35)8-6-4-5-7-27(43)23-47-37;1-19(2,3)28-16(23)11-14(18(25)26)9-7-8-10-21-15(22)12-27-13-17(24)29-20(4,5)6;1-12(2,3)19-10(16)6-18-7-11(17)20-13-8(14)4-5-9(13)15;1-11(2,3)17-10(16)13-8(9(14)15)6-4-5-7-12/h9-12,20,24,28H,2-8,13-19,21-23,35,37H2,1H3,(H2,36,39)(H,38,44)(H,40,45);14H,7-13H2,1-6H3,(H,21,22)(H,25,26);4-7H2,1-3H3;8H,4-7,12H2,1-3H3,(H,13,16)(H,14,15)/t28-;14-;;8-/m01.0/s1. The number of amides is 5. The van der Waals surface area contributed by atoms with E-state index < -0.39 is 107 Å². The number of ether oxygens (including phenoxy) is 7. The second-order valence-corrected chi connectivity index (χ2v) is 31.3. The van der Waals surface area contributed by atoms with Crippen LogP contribution >= 0.6 is 0 Å². The van der Waals surface area contributed by atoms with E-state index in [9.17, 15) is 67.4 Å². The summed E-state index contributed by atoms with van der Waals surface area (Å²) in [6.07, 6.45) is 10.8. The molecule has 4 heterocycles. The number of carbonyl (C=O) groups excluding carboxylic acids is 10. The molecule has 2 aromatic heterocycles. The Morgan fingerprint density at radius 3 is 1.73 bits per heavy atom. The molecule has 0 aliphatic carbocycles. The van der Waals surface area contributed by atoms with E-state index in [1.54, 1.807) is 93.7 Å². The Morgan fingerprint density at radius 2 is 1.19 bits per heavy atom. The zero-order valence-electron chi connectivity index (χ0n) is 68.3. The highest BCUT2D eigenvalue weighted by molar-refractivity contribution is 6.01. The molecular formula is C77H126N12O24. The largest absolute Gasteiger partial charge is 0.481 e. The first-order valence-corrected chi connectivity index (χ1v) is 38.4. The Kier molecular flexibility index (Phi) is 45.5. The number of hydroxylamine groups is 2. The quantitative estimate of drug-likeness (QED) is 0.0101. The van der Waals surface area contributed by atoms with Crippen LogP contribution in [0.4, 0.5) is 10.6 Å². The second-order valence-electron chi connectivity index (χ2n) is 31.3. The number of nitrogens with one attached hydrogen (secondary N) is 4. The monoisotopic (exact) mass is 1600 g/mol. The fourth-order valence-electron chi connectivity index (χ4n) is 10.9. The number of esters is 3. The number of aromatic amines is 1. The molecule has 36 nitrogen and oxygen atoms in total. The summed E-state index contributed by atoms with van der Waals surface area (Å²) in [6, 6.07) is 8.74. The summed E-state index contributed by atoms with van der Waals surface area (Å²) in [5, 5.41) is 26.5. The number of alkyl carbamates (subject to hydrolysis) is 1. The first-order valence-electron chi connectivity index (χ1n) is 38.4. The number of nitrogens with two attached hydrogens (primary N) is 4. The Hall–Kier alpha value is -9.20. The number of fused-ring (bicyclic) bond motifs is 1. The summed E-state index contributed by atoms with van der Waals surface area (Å²) < 4.78 is 37.3. The summed E-state index contributed by atoms with van der Waals surface area (Å²) in [6.45, 7) is 26.5. The molecule has 2 aliphatic rings. The minimum Gasteiger partial charge on any atom is -0.481 e. The SMILES string of the molecule is CC(C)(C)OC(=O)COCC(=O)NCCCC[C@H](CC(=O)OC(C)(C)C)C(=O)O.CC(C)(C)OC(=O)COCC(=O)ON1C(=O)CCC1=O.CC(C)(C)OC(=O)N[C@@H](CCCCN)C(=O)O.CCCCOc1cc2c([nH]c(=O)n2Cc2ccc(CN3CCC(CCNC(=O)[C@@H](N)CCCCCC(=O)CON)CC3)cc2)c(N)n1. The van der Waals surface area contributed by atoms with Crippen LogP contribution in [0.5, 0.6) is 5.88 Å². The Bertz CT molecular complexity index is 3530. The van der Waals surface area contributed by atoms with Gasteiger partial charge in [0.2, 0.25) is 17.7 Å². The number of rotatable bonds is 43. The molecule has 3 atom stereocenters. The highest BCUT2D eigenvalue weighted by Gasteiger charge is 2.34. The average Bonchev–Trinajstić information content (AvgIpc) is 1.64. The van der Waals surface area contributed by atoms with Crippen molar-refractivity contribution < 1.29 is 111 Å². The van der Waals surface area contributed by atoms with Crippen molar-refractivity contribution in [3.05, 3.63) is 51.9 Å². The third kappa shape index (κ3) is 45.9. The van der Waals surface area contributed by atoms with E-state index in [0.717, 1.165) is 83.0 Å². The number of carboxylic acids is 2. The molecule has 0 saturated carbocycles. The molecule has 36 heteroatoms. The number of Topliss-reactive ketones (excluding diaryl/α,β-unsaturated/α-hetero) is 1. The number of likely N-dealkylation sites (tertiary alicyclic amines) is 1. The van der Waals surface area contributed by atoms with E-state index in [1.807, 2.05) is 0 Å². The number of hydrogen-bond acceptors (Lipinski definition) is 28. The number of unbranched alkanes of at least 4 members (excludes halogenated alkanes) is 5. The van der Waals surface area contributed by atoms with Gasteiger partial charge in [0.25, 0.3) is 11.8 Å². The number of piperidine rings is 1. The van der Waals surface area contributed by atoms with E-state index in [-0.39, 0.29) is 68.2 Å². The van der Waals surface area contributed by atoms with Gasteiger partial charge in [-0.15, -0.1) is 5.06 Å². The van der Waals surface area contributed by atoms with Crippen LogP contribution in [-0.4, -0.2) is 213 Å². The second kappa shape index (κ2) is 51.5. The predicted octanol–water partition coefficient (Wildman–Crippen LogP) is 6.10. The van der Waals surface area contributed by atoms with Crippen LogP contribution in [-0.2, 0) is 104 Å². The van der Waals surface area contributed by atoms with E-state index in [0.29, 0.717) is 106 Å². The molecule has 0 spiro atoms. The lowest BCUT2D eigenvalue weighted by Gasteiger charge is -2.32. The van der Waals surface area contributed by atoms with Gasteiger partial charge in [0.15, 0.2) is 11.6 Å². The molecule has 14 N–H and O–H groups in total. The number of aliphatic carboxylic acids is 2. The number of anilines is 1. The molecule has 2 aliphatic heterocycles. The fraction of sp³-hybridized carbons (Fsp3) is 0.688. The minimum absolute atomic E-state index is 0.0136. The number of hydrogen-bond donors (Lipinski definition) is 10. The third-order valence-corrected chi connectivity index (χ3v) is 16.3. The number of pyridine rings is 1. The van der Waals surface area contributed by atoms with Crippen molar-refractivity contribution >= 4 is 88.2 Å². The number of carbonyl (C=O) groups is 12. The summed E-state index contributed by atoms with van der Waals surface area (Å²) in [5.41, 5.74) is 18.2. The van der Waals surface area contributed by atoms with Gasteiger partial charge in [-0.2, -0.15) is 4.98 Å². The lowest BCUT2D eigenvalue weighted by molar-refractivity contribution is -0.201. The van der Waals surface area contributed by atoms with Gasteiger partial charge in [0.05, 0.1) is 37.0 Å². The first kappa shape index (κ1) is 99.9. The van der Waals surface area contributed by atoms with Gasteiger partial charge < -0.3 is 86.3 Å². The van der Waals surface area contributed by atoms with Gasteiger partial charge in [-0.05, 0) is 190 Å². The van der Waals surface area contributed by atoms with Crippen LogP contribution in [0, 0.1) is 11.8 Å². The van der Waals surface area contributed by atoms with Gasteiger partial charge in [-0.3, -0.25) is 47.9 Å². The van der Waals surface area contributed by atoms with E-state index in [1.165, 1.54) is 5.56 Å². The molecule has 5 amide bonds. The normalized spacial score (nSPS) is 14.1. The average molecular weight is 1600 g/mol. The maximum Gasteiger partial charge on any atom is 0.408 e. The molecule has 3 aromatic rings. The molecule has 0 radical (unpaired) electrons. The number of aromatic nitrogens is 3. The number of carboxylic acid groups (broad SMARTS) is 2. The Balaban J connectivity index is 0.000000560. The van der Waals surface area contributed by atoms with Crippen LogP contribution in [0.3, 0.4) is 0 Å². The summed E-state index contributed by atoms with van der Waals surface area (Å²) in [5.74, 6) is -1.05. The summed E-state index contributed by atoms with van der Waals surface area (Å²) in [4.78, 5) is 168. The molecule has 0 bridgehead atoms. The van der Waals surface area contributed by atoms with Crippen molar-refractivity contribution in [2.24, 2.45) is 29.2 Å². The highest BCUT2D eigenvalue weighted by Crippen LogP contribution is 2.26. The van der Waals surface area contributed by atoms with Gasteiger partial charge in [0.1, 0.15) is 67.0 Å². The molecule has 113 heavy (non-hydrogen) atoms. The predicted molar refractivity (Wildman–Crippen MR) is 415 cm³/mol. The van der Waals surface area contributed by atoms with Crippen LogP contribution in [0.25, 0.3) is 11.0 Å². The maximum absolute atomic E-state index is 12.8. The van der Waals surface area contributed by atoms with Crippen LogP contribution < -0.4 is 49.5 Å². The minimum atomic E-state index is -1.06. The zero-order chi connectivity index (χ0) is 85.1. The summed E-state index contributed by atoms with van der Waals surface area (Å²) >= 11 is 0. The molecule has 2 saturated heterocycles. The van der Waals surface area contributed by atoms with Crippen LogP contribution in [0.2, 0.25) is 0 Å². The first-order chi connectivity index (χ1) is 52.9. The number of imidazole rings is 1. The number of H-pyrrole nitrogens is 1. The Labute approximate surface area is 661 Å². The van der Waals surface area contributed by atoms with Gasteiger partial charge in [-0.1, -0.05) is 56.9 Å². The van der Waals surface area contributed by atoms with Crippen molar-refractivity contribution in [2.75, 3.05) is 78.1 Å². The van der Waals surface area contributed by atoms with E-state index in [2.05, 4.69) is 71.7 Å². The highest BCUT2D eigenvalue weighted by atomic mass is 16.7. The van der Waals surface area contributed by atoms with Crippen molar-refractivity contribution in [1.82, 2.24) is 40.4 Å². The molecular weight excluding hydrogens is 1480 g/mol. The maximum atomic E-state index is 12.8. The summed E-state index contributed by atoms with van der Waals surface area (Å²) in [7, 11) is 0. The number of ketones is 1. The smallest absolute Gasteiger partial charge is 0.408 e. The van der Waals surface area contributed by atoms with Crippen molar-refractivity contribution in [1.29, 1.82) is 0 Å². The van der Waals surface area contributed by atoms with E-state index in [4.69, 9.17) is 61.4 Å². The lowest BCUT2D eigenvalue weighted by Crippen LogP contribution is -2.43. The molecule has 0 unspecified atom stereocenters. The molecule has 1 aromatic carbocycles. The molecule has 2 fully saturated rings. The van der Waals surface area contributed by atoms with Gasteiger partial charge in [0, 0.05) is 45.0 Å². The van der Waals surface area contributed by atoms with Gasteiger partial charge >= 0.3 is 47.6 Å². The van der Waals surface area contributed by atoms with Crippen LogP contribution in [0.15, 0.2) is 35.1 Å². The lowest BCUT2D eigenvalue weighted by atomic mass is 9.93. The topological polar surface area (TPSA) is 526 Å². The van der Waals surface area contributed by atoms with Crippen LogP contribution in [0.1, 0.15) is 223 Å².